The van der Waals surface area contributed by atoms with Crippen LogP contribution in [0.25, 0.3) is 0 Å². The van der Waals surface area contributed by atoms with Crippen molar-refractivity contribution >= 4 is 17.0 Å². The van der Waals surface area contributed by atoms with Gasteiger partial charge in [-0.25, -0.2) is 4.98 Å². The molecule has 0 aliphatic heterocycles. The smallest absolute Gasteiger partial charge is 0.0982 e. The van der Waals surface area contributed by atoms with Gasteiger partial charge < -0.3 is 10.1 Å². The number of thiazole rings is 1. The molecule has 0 radical (unpaired) electrons. The van der Waals surface area contributed by atoms with Crippen LogP contribution in [0.5, 0.6) is 0 Å². The molecule has 1 aromatic heterocycles. The Kier molecular flexibility index (Phi) is 4.78. The fourth-order valence-corrected chi connectivity index (χ4v) is 2.77. The van der Waals surface area contributed by atoms with E-state index < -0.39 is 0 Å². The molecule has 0 unspecified atom stereocenters. The summed E-state index contributed by atoms with van der Waals surface area (Å²) in [6.07, 6.45) is 0. The maximum absolute atomic E-state index is 5.15. The van der Waals surface area contributed by atoms with Gasteiger partial charge in [-0.3, -0.25) is 0 Å². The van der Waals surface area contributed by atoms with E-state index in [-0.39, 0.29) is 5.41 Å². The second-order valence-corrected chi connectivity index (χ2v) is 6.74. The van der Waals surface area contributed by atoms with Gasteiger partial charge in [0, 0.05) is 23.6 Å². The Morgan fingerprint density at radius 2 is 2.10 bits per heavy atom. The summed E-state index contributed by atoms with van der Waals surface area (Å²) in [5.41, 5.74) is 3.49. The zero-order valence-corrected chi connectivity index (χ0v) is 13.4. The fourth-order valence-electron chi connectivity index (χ4n) is 1.86. The monoisotopic (exact) mass is 290 g/mol. The van der Waals surface area contributed by atoms with Gasteiger partial charge in [0.1, 0.15) is 0 Å². The molecule has 0 fully saturated rings. The Hall–Kier alpha value is -1.39. The van der Waals surface area contributed by atoms with Crippen LogP contribution < -0.4 is 5.32 Å². The van der Waals surface area contributed by atoms with Crippen molar-refractivity contribution < 1.29 is 4.74 Å². The van der Waals surface area contributed by atoms with E-state index in [1.165, 1.54) is 10.6 Å². The Morgan fingerprint density at radius 1 is 1.30 bits per heavy atom. The first-order valence-corrected chi connectivity index (χ1v) is 7.63. The van der Waals surface area contributed by atoms with Crippen LogP contribution in [0.2, 0.25) is 0 Å². The average molecular weight is 290 g/mol. The number of hydrogen-bond acceptors (Lipinski definition) is 4. The molecule has 3 nitrogen and oxygen atoms in total. The highest BCUT2D eigenvalue weighted by Crippen LogP contribution is 2.25. The normalized spacial score (nSPS) is 11.6. The van der Waals surface area contributed by atoms with Crippen LogP contribution in [0.15, 0.2) is 29.6 Å². The van der Waals surface area contributed by atoms with Crippen molar-refractivity contribution in [2.75, 3.05) is 12.4 Å². The second-order valence-electron chi connectivity index (χ2n) is 5.88. The molecular weight excluding hydrogens is 268 g/mol. The highest BCUT2D eigenvalue weighted by molar-refractivity contribution is 7.09. The van der Waals surface area contributed by atoms with Gasteiger partial charge in [-0.15, -0.1) is 11.3 Å². The molecule has 4 heteroatoms. The molecule has 2 aromatic rings. The quantitative estimate of drug-likeness (QED) is 0.896. The van der Waals surface area contributed by atoms with E-state index in [1.54, 1.807) is 18.4 Å². The van der Waals surface area contributed by atoms with Crippen molar-refractivity contribution in [1.29, 1.82) is 0 Å². The number of nitrogens with one attached hydrogen (secondary N) is 1. The standard InChI is InChI=1S/C16H22N2OS/c1-16(2,3)15-18-14(11-20-15)9-17-13-7-5-6-12(8-13)10-19-4/h5-8,11,17H,9-10H2,1-4H3. The molecule has 1 N–H and O–H groups in total. The minimum Gasteiger partial charge on any atom is -0.380 e. The van der Waals surface area contributed by atoms with Crippen molar-refractivity contribution in [3.8, 4) is 0 Å². The zero-order valence-electron chi connectivity index (χ0n) is 12.6. The number of methoxy groups -OCH3 is 1. The SMILES string of the molecule is COCc1cccc(NCc2csc(C(C)(C)C)n2)c1. The van der Waals surface area contributed by atoms with Gasteiger partial charge in [-0.1, -0.05) is 32.9 Å². The van der Waals surface area contributed by atoms with Crippen molar-refractivity contribution in [1.82, 2.24) is 4.98 Å². The highest BCUT2D eigenvalue weighted by Gasteiger charge is 2.17. The Labute approximate surface area is 125 Å². The second kappa shape index (κ2) is 6.37. The van der Waals surface area contributed by atoms with Crippen LogP contribution in [-0.4, -0.2) is 12.1 Å². The lowest BCUT2D eigenvalue weighted by Crippen LogP contribution is -2.11. The Morgan fingerprint density at radius 3 is 2.75 bits per heavy atom. The van der Waals surface area contributed by atoms with Crippen molar-refractivity contribution in [2.45, 2.75) is 39.3 Å². The first-order chi connectivity index (χ1) is 9.49. The summed E-state index contributed by atoms with van der Waals surface area (Å²) in [7, 11) is 1.71. The summed E-state index contributed by atoms with van der Waals surface area (Å²) >= 11 is 1.73. The van der Waals surface area contributed by atoms with E-state index in [2.05, 4.69) is 54.7 Å². The van der Waals surface area contributed by atoms with Crippen molar-refractivity contribution in [2.24, 2.45) is 0 Å². The molecule has 0 saturated carbocycles. The van der Waals surface area contributed by atoms with E-state index in [1.807, 2.05) is 6.07 Å². The van der Waals surface area contributed by atoms with Crippen LogP contribution in [-0.2, 0) is 23.3 Å². The predicted molar refractivity (Wildman–Crippen MR) is 85.3 cm³/mol. The number of rotatable bonds is 5. The molecule has 0 amide bonds. The predicted octanol–water partition coefficient (Wildman–Crippen LogP) is 4.20. The molecule has 2 rings (SSSR count). The molecule has 0 aliphatic rings. The van der Waals surface area contributed by atoms with Crippen molar-refractivity contribution in [3.63, 3.8) is 0 Å². The van der Waals surface area contributed by atoms with Crippen LogP contribution in [0.3, 0.4) is 0 Å². The minimum atomic E-state index is 0.126. The van der Waals surface area contributed by atoms with Gasteiger partial charge in [0.25, 0.3) is 0 Å². The molecule has 0 aliphatic carbocycles. The van der Waals surface area contributed by atoms with Crippen LogP contribution in [0.1, 0.15) is 37.0 Å². The largest absolute Gasteiger partial charge is 0.380 e. The van der Waals surface area contributed by atoms with Crippen LogP contribution >= 0.6 is 11.3 Å². The first-order valence-electron chi connectivity index (χ1n) is 6.75. The summed E-state index contributed by atoms with van der Waals surface area (Å²) in [4.78, 5) is 4.69. The Bertz CT molecular complexity index is 558. The van der Waals surface area contributed by atoms with Crippen LogP contribution in [0.4, 0.5) is 5.69 Å². The van der Waals surface area contributed by atoms with Crippen LogP contribution in [0, 0.1) is 0 Å². The summed E-state index contributed by atoms with van der Waals surface area (Å²) in [5, 5.41) is 6.73. The summed E-state index contributed by atoms with van der Waals surface area (Å²) < 4.78 is 5.15. The molecule has 0 spiro atoms. The number of hydrogen-bond donors (Lipinski definition) is 1. The molecule has 0 bridgehead atoms. The summed E-state index contributed by atoms with van der Waals surface area (Å²) in [6.45, 7) is 7.97. The van der Waals surface area contributed by atoms with E-state index in [4.69, 9.17) is 4.74 Å². The molecule has 1 heterocycles. The summed E-state index contributed by atoms with van der Waals surface area (Å²) in [6, 6.07) is 8.28. The topological polar surface area (TPSA) is 34.1 Å². The van der Waals surface area contributed by atoms with E-state index in [0.717, 1.165) is 17.9 Å². The Balaban J connectivity index is 1.98. The van der Waals surface area contributed by atoms with E-state index in [0.29, 0.717) is 6.61 Å². The molecule has 1 aromatic carbocycles. The molecular formula is C16H22N2OS. The number of benzene rings is 1. The zero-order chi connectivity index (χ0) is 14.6. The van der Waals surface area contributed by atoms with Crippen molar-refractivity contribution in [3.05, 3.63) is 45.9 Å². The average Bonchev–Trinajstić information content (AvgIpc) is 2.86. The third-order valence-corrected chi connectivity index (χ3v) is 4.22. The minimum absolute atomic E-state index is 0.126. The van der Waals surface area contributed by atoms with Gasteiger partial charge in [0.05, 0.1) is 23.9 Å². The van der Waals surface area contributed by atoms with Gasteiger partial charge in [0.2, 0.25) is 0 Å². The molecule has 0 saturated heterocycles. The molecule has 0 atom stereocenters. The number of aromatic nitrogens is 1. The number of anilines is 1. The highest BCUT2D eigenvalue weighted by atomic mass is 32.1. The lowest BCUT2D eigenvalue weighted by Gasteiger charge is -2.13. The number of nitrogens with zero attached hydrogens (tertiary/aromatic N) is 1. The third kappa shape index (κ3) is 4.05. The van der Waals surface area contributed by atoms with E-state index >= 15 is 0 Å². The fraction of sp³-hybridized carbons (Fsp3) is 0.438. The van der Waals surface area contributed by atoms with Gasteiger partial charge in [-0.05, 0) is 17.7 Å². The van der Waals surface area contributed by atoms with Gasteiger partial charge >= 0.3 is 0 Å². The maximum atomic E-state index is 5.15. The third-order valence-electron chi connectivity index (χ3n) is 2.90. The molecule has 108 valence electrons. The van der Waals surface area contributed by atoms with E-state index in [9.17, 15) is 0 Å². The maximum Gasteiger partial charge on any atom is 0.0982 e. The van der Waals surface area contributed by atoms with Gasteiger partial charge in [-0.2, -0.15) is 0 Å². The first kappa shape index (κ1) is 15.0. The number of ether oxygens (including phenoxy) is 1. The molecule has 20 heavy (non-hydrogen) atoms. The lowest BCUT2D eigenvalue weighted by molar-refractivity contribution is 0.185. The van der Waals surface area contributed by atoms with Gasteiger partial charge in [0.15, 0.2) is 0 Å². The lowest BCUT2D eigenvalue weighted by atomic mass is 9.98. The summed E-state index contributed by atoms with van der Waals surface area (Å²) in [5.74, 6) is 0.